The Morgan fingerprint density at radius 3 is 2.93 bits per heavy atom. The molecule has 1 aromatic heterocycles. The minimum Gasteiger partial charge on any atom is -0.256 e. The van der Waals surface area contributed by atoms with Crippen LogP contribution < -0.4 is 0 Å². The number of hydrogen-bond donors (Lipinski definition) is 0. The van der Waals surface area contributed by atoms with Crippen LogP contribution in [0.25, 0.3) is 10.9 Å². The lowest BCUT2D eigenvalue weighted by molar-refractivity contribution is 1.36. The number of hydrogen-bond acceptors (Lipinski definition) is 2. The Bertz CT molecular complexity index is 610. The number of benzene rings is 1. The summed E-state index contributed by atoms with van der Waals surface area (Å²) in [5.74, 6) is 5.20. The molecular formula is C13H8N2. The first kappa shape index (κ1) is 9.24. The molecule has 0 aliphatic heterocycles. The van der Waals surface area contributed by atoms with E-state index in [-0.39, 0.29) is 0 Å². The molecule has 2 nitrogen and oxygen atoms in total. The van der Waals surface area contributed by atoms with Crippen LogP contribution >= 0.6 is 0 Å². The molecule has 2 aromatic rings. The average Bonchev–Trinajstić information content (AvgIpc) is 2.29. The quantitative estimate of drug-likeness (QED) is 0.601. The van der Waals surface area contributed by atoms with E-state index in [1.165, 1.54) is 0 Å². The highest BCUT2D eigenvalue weighted by molar-refractivity contribution is 5.83. The fraction of sp³-hybridized carbons (Fsp3) is 0.0769. The molecule has 0 bridgehead atoms. The minimum atomic E-state index is 0.864. The Morgan fingerprint density at radius 1 is 1.27 bits per heavy atom. The van der Waals surface area contributed by atoms with Crippen molar-refractivity contribution in [2.75, 3.05) is 0 Å². The second kappa shape index (κ2) is 3.82. The molecule has 15 heavy (non-hydrogen) atoms. The third kappa shape index (κ3) is 1.66. The molecule has 0 radical (unpaired) electrons. The molecule has 0 saturated heterocycles. The van der Waals surface area contributed by atoms with Crippen molar-refractivity contribution < 1.29 is 0 Å². The molecule has 2 rings (SSSR count). The van der Waals surface area contributed by atoms with Gasteiger partial charge in [0.2, 0.25) is 0 Å². The van der Waals surface area contributed by atoms with Gasteiger partial charge in [-0.2, -0.15) is 5.26 Å². The number of nitriles is 1. The molecule has 0 unspecified atom stereocenters. The molecule has 0 aliphatic rings. The maximum atomic E-state index is 8.39. The van der Waals surface area contributed by atoms with Crippen LogP contribution in [0.1, 0.15) is 11.1 Å². The minimum absolute atomic E-state index is 0.864. The summed E-state index contributed by atoms with van der Waals surface area (Å²) >= 11 is 0. The van der Waals surface area contributed by atoms with Gasteiger partial charge in [-0.15, -0.1) is 0 Å². The molecular weight excluding hydrogens is 184 g/mol. The zero-order valence-electron chi connectivity index (χ0n) is 8.28. The topological polar surface area (TPSA) is 36.7 Å². The van der Waals surface area contributed by atoms with E-state index < -0.39 is 0 Å². The summed E-state index contributed by atoms with van der Waals surface area (Å²) in [6.45, 7) is 1.97. The van der Waals surface area contributed by atoms with Gasteiger partial charge in [0.05, 0.1) is 5.52 Å². The molecule has 1 aromatic carbocycles. The molecule has 0 atom stereocenters. The second-order valence-electron chi connectivity index (χ2n) is 3.18. The van der Waals surface area contributed by atoms with Crippen LogP contribution in [0.4, 0.5) is 0 Å². The Hall–Kier alpha value is -2.32. The Morgan fingerprint density at radius 2 is 2.13 bits per heavy atom. The summed E-state index contributed by atoms with van der Waals surface area (Å²) in [4.78, 5) is 4.30. The first-order valence-corrected chi connectivity index (χ1v) is 4.57. The number of fused-ring (bicyclic) bond motifs is 1. The Labute approximate surface area is 88.2 Å². The number of rotatable bonds is 0. The fourth-order valence-corrected chi connectivity index (χ4v) is 1.52. The van der Waals surface area contributed by atoms with Crippen LogP contribution in [-0.2, 0) is 0 Å². The van der Waals surface area contributed by atoms with Crippen LogP contribution in [0.15, 0.2) is 30.5 Å². The van der Waals surface area contributed by atoms with Crippen molar-refractivity contribution in [2.45, 2.75) is 6.92 Å². The molecule has 0 spiro atoms. The lowest BCUT2D eigenvalue weighted by Crippen LogP contribution is -1.87. The Balaban J connectivity index is 2.71. The monoisotopic (exact) mass is 192 g/mol. The Kier molecular flexibility index (Phi) is 2.35. The number of aryl methyl sites for hydroxylation is 1. The van der Waals surface area contributed by atoms with Gasteiger partial charge in [-0.3, -0.25) is 4.98 Å². The van der Waals surface area contributed by atoms with E-state index in [0.717, 1.165) is 22.0 Å². The van der Waals surface area contributed by atoms with Gasteiger partial charge < -0.3 is 0 Å². The fourth-order valence-electron chi connectivity index (χ4n) is 1.52. The number of nitrogens with zero attached hydrogens (tertiary/aromatic N) is 2. The van der Waals surface area contributed by atoms with Crippen molar-refractivity contribution in [3.63, 3.8) is 0 Å². The van der Waals surface area contributed by atoms with Crippen LogP contribution in [-0.4, -0.2) is 4.98 Å². The van der Waals surface area contributed by atoms with E-state index in [0.29, 0.717) is 0 Å². The first-order valence-electron chi connectivity index (χ1n) is 4.57. The normalized spacial score (nSPS) is 9.07. The summed E-state index contributed by atoms with van der Waals surface area (Å²) in [6.07, 6.45) is 1.76. The third-order valence-electron chi connectivity index (χ3n) is 2.28. The largest absolute Gasteiger partial charge is 0.256 e. The van der Waals surface area contributed by atoms with Crippen LogP contribution in [0.5, 0.6) is 0 Å². The molecule has 0 N–H and O–H groups in total. The molecule has 2 heteroatoms. The van der Waals surface area contributed by atoms with Gasteiger partial charge in [-0.05, 0) is 24.6 Å². The molecule has 1 heterocycles. The van der Waals surface area contributed by atoms with E-state index in [1.807, 2.05) is 37.3 Å². The van der Waals surface area contributed by atoms with Gasteiger partial charge in [0, 0.05) is 23.1 Å². The summed E-state index contributed by atoms with van der Waals surface area (Å²) in [7, 11) is 0. The summed E-state index contributed by atoms with van der Waals surface area (Å²) < 4.78 is 0. The molecule has 0 fully saturated rings. The van der Waals surface area contributed by atoms with Gasteiger partial charge >= 0.3 is 0 Å². The standard InChI is InChI=1S/C13H8N2/c1-10-11(4-2-8-14)6-7-12-5-3-9-15-13(10)12/h3,5-7,9H,1H3. The average molecular weight is 192 g/mol. The zero-order chi connectivity index (χ0) is 10.7. The van der Waals surface area contributed by atoms with Crippen molar-refractivity contribution in [1.29, 1.82) is 5.26 Å². The van der Waals surface area contributed by atoms with Crippen molar-refractivity contribution in [3.05, 3.63) is 41.6 Å². The van der Waals surface area contributed by atoms with Gasteiger partial charge in [0.1, 0.15) is 0 Å². The van der Waals surface area contributed by atoms with E-state index in [4.69, 9.17) is 5.26 Å². The van der Waals surface area contributed by atoms with E-state index in [2.05, 4.69) is 16.8 Å². The lowest BCUT2D eigenvalue weighted by Gasteiger charge is -2.02. The molecule has 0 aliphatic carbocycles. The predicted molar refractivity (Wildman–Crippen MR) is 59.0 cm³/mol. The van der Waals surface area contributed by atoms with Gasteiger partial charge in [-0.1, -0.05) is 18.1 Å². The van der Waals surface area contributed by atoms with Gasteiger partial charge in [-0.25, -0.2) is 0 Å². The maximum absolute atomic E-state index is 8.39. The van der Waals surface area contributed by atoms with E-state index in [9.17, 15) is 0 Å². The van der Waals surface area contributed by atoms with Crippen molar-refractivity contribution in [1.82, 2.24) is 4.98 Å². The van der Waals surface area contributed by atoms with Gasteiger partial charge in [0.15, 0.2) is 6.07 Å². The second-order valence-corrected chi connectivity index (χ2v) is 3.18. The highest BCUT2D eigenvalue weighted by Gasteiger charge is 2.01. The highest BCUT2D eigenvalue weighted by Crippen LogP contribution is 2.18. The van der Waals surface area contributed by atoms with Gasteiger partial charge in [0.25, 0.3) is 0 Å². The van der Waals surface area contributed by atoms with Crippen LogP contribution in [0, 0.1) is 30.1 Å². The van der Waals surface area contributed by atoms with Crippen molar-refractivity contribution in [3.8, 4) is 17.9 Å². The third-order valence-corrected chi connectivity index (χ3v) is 2.28. The summed E-state index contributed by atoms with van der Waals surface area (Å²) in [5, 5.41) is 9.49. The SMILES string of the molecule is Cc1c(C#CC#N)ccc2cccnc12. The van der Waals surface area contributed by atoms with E-state index in [1.54, 1.807) is 6.20 Å². The first-order chi connectivity index (χ1) is 7.33. The summed E-state index contributed by atoms with van der Waals surface area (Å²) in [6, 6.07) is 9.62. The lowest BCUT2D eigenvalue weighted by atomic mass is 10.0. The number of aromatic nitrogens is 1. The predicted octanol–water partition coefficient (Wildman–Crippen LogP) is 2.42. The highest BCUT2D eigenvalue weighted by atomic mass is 14.6. The summed E-state index contributed by atoms with van der Waals surface area (Å²) in [5.41, 5.74) is 2.83. The van der Waals surface area contributed by atoms with E-state index >= 15 is 0 Å². The molecule has 0 amide bonds. The van der Waals surface area contributed by atoms with Crippen LogP contribution in [0.3, 0.4) is 0 Å². The molecule has 70 valence electrons. The maximum Gasteiger partial charge on any atom is 0.152 e. The molecule has 0 saturated carbocycles. The van der Waals surface area contributed by atoms with Crippen molar-refractivity contribution in [2.24, 2.45) is 0 Å². The number of pyridine rings is 1. The zero-order valence-corrected chi connectivity index (χ0v) is 8.28. The smallest absolute Gasteiger partial charge is 0.152 e. The van der Waals surface area contributed by atoms with Crippen LogP contribution in [0.2, 0.25) is 0 Å². The van der Waals surface area contributed by atoms with Crippen molar-refractivity contribution >= 4 is 10.9 Å².